The molecule has 0 atom stereocenters. The van der Waals surface area contributed by atoms with E-state index < -0.39 is 5.54 Å². The SMILES string of the molecule is CCCCCCCCc1ccc(CCC(N)(CO)CO)cc1.Cl.O. The normalized spacial score (nSPS) is 10.8. The molecule has 6 N–H and O–H groups in total. The third-order valence-corrected chi connectivity index (χ3v) is 4.38. The molecule has 0 aliphatic heterocycles. The van der Waals surface area contributed by atoms with Crippen molar-refractivity contribution in [3.8, 4) is 0 Å². The standard InChI is InChI=1S/C19H33NO2.ClH.H2O/c1-2-3-4-5-6-7-8-17-9-11-18(12-10-17)13-14-19(20,15-21)16-22;;/h9-12,21-22H,2-8,13-16,20H2,1H3;1H;1H2. The molecule has 0 spiro atoms. The zero-order chi connectivity index (χ0) is 16.3. The number of benzene rings is 1. The summed E-state index contributed by atoms with van der Waals surface area (Å²) in [5.41, 5.74) is 7.63. The van der Waals surface area contributed by atoms with Crippen LogP contribution in [0.4, 0.5) is 0 Å². The van der Waals surface area contributed by atoms with Gasteiger partial charge in [0.25, 0.3) is 0 Å². The molecular formula is C19H36ClNO3. The molecule has 24 heavy (non-hydrogen) atoms. The number of unbranched alkanes of at least 4 members (excludes halogenated alkanes) is 5. The Morgan fingerprint density at radius 2 is 1.29 bits per heavy atom. The van der Waals surface area contributed by atoms with E-state index in [1.165, 1.54) is 49.7 Å². The van der Waals surface area contributed by atoms with Crippen LogP contribution in [0.1, 0.15) is 63.0 Å². The van der Waals surface area contributed by atoms with E-state index in [1.54, 1.807) is 0 Å². The molecule has 1 aromatic rings. The Labute approximate surface area is 153 Å². The molecule has 0 aromatic heterocycles. The first-order valence-corrected chi connectivity index (χ1v) is 8.72. The van der Waals surface area contributed by atoms with Gasteiger partial charge in [-0.2, -0.15) is 0 Å². The van der Waals surface area contributed by atoms with Gasteiger partial charge in [0.1, 0.15) is 0 Å². The Morgan fingerprint density at radius 3 is 1.79 bits per heavy atom. The first kappa shape index (κ1) is 25.6. The molecule has 1 aromatic carbocycles. The van der Waals surface area contributed by atoms with Crippen LogP contribution in [0.25, 0.3) is 0 Å². The quantitative estimate of drug-likeness (QED) is 0.499. The lowest BCUT2D eigenvalue weighted by Crippen LogP contribution is -2.47. The van der Waals surface area contributed by atoms with Gasteiger partial charge in [0.2, 0.25) is 0 Å². The molecule has 0 amide bonds. The van der Waals surface area contributed by atoms with Gasteiger partial charge in [-0.1, -0.05) is 63.3 Å². The summed E-state index contributed by atoms with van der Waals surface area (Å²) < 4.78 is 0. The average Bonchev–Trinajstić information content (AvgIpc) is 2.57. The second-order valence-corrected chi connectivity index (χ2v) is 6.51. The number of rotatable bonds is 12. The van der Waals surface area contributed by atoms with Crippen LogP contribution in [0.5, 0.6) is 0 Å². The number of halogens is 1. The van der Waals surface area contributed by atoms with E-state index in [0.717, 1.165) is 12.8 Å². The number of aliphatic hydroxyl groups is 2. The van der Waals surface area contributed by atoms with E-state index in [-0.39, 0.29) is 31.1 Å². The van der Waals surface area contributed by atoms with Crippen LogP contribution in [0.2, 0.25) is 0 Å². The number of nitrogens with two attached hydrogens (primary N) is 1. The van der Waals surface area contributed by atoms with Gasteiger partial charge in [0, 0.05) is 0 Å². The third-order valence-electron chi connectivity index (χ3n) is 4.38. The van der Waals surface area contributed by atoms with Crippen molar-refractivity contribution in [3.63, 3.8) is 0 Å². The summed E-state index contributed by atoms with van der Waals surface area (Å²) >= 11 is 0. The lowest BCUT2D eigenvalue weighted by atomic mass is 9.93. The largest absolute Gasteiger partial charge is 0.412 e. The minimum absolute atomic E-state index is 0. The maximum atomic E-state index is 9.20. The molecular weight excluding hydrogens is 326 g/mol. The highest BCUT2D eigenvalue weighted by atomic mass is 35.5. The Hall–Kier alpha value is -0.650. The summed E-state index contributed by atoms with van der Waals surface area (Å²) in [4.78, 5) is 0. The van der Waals surface area contributed by atoms with Gasteiger partial charge in [-0.25, -0.2) is 0 Å². The second-order valence-electron chi connectivity index (χ2n) is 6.51. The highest BCUT2D eigenvalue weighted by molar-refractivity contribution is 5.85. The average molecular weight is 362 g/mol. The molecule has 0 heterocycles. The molecule has 0 aliphatic carbocycles. The van der Waals surface area contributed by atoms with E-state index in [9.17, 15) is 10.2 Å². The first-order valence-electron chi connectivity index (χ1n) is 8.72. The van der Waals surface area contributed by atoms with Crippen molar-refractivity contribution in [3.05, 3.63) is 35.4 Å². The van der Waals surface area contributed by atoms with E-state index in [4.69, 9.17) is 5.73 Å². The van der Waals surface area contributed by atoms with Crippen LogP contribution in [-0.2, 0) is 12.8 Å². The predicted octanol–water partition coefficient (Wildman–Crippen LogP) is 2.80. The predicted molar refractivity (Wildman–Crippen MR) is 104 cm³/mol. The molecule has 5 heteroatoms. The lowest BCUT2D eigenvalue weighted by molar-refractivity contribution is 0.115. The summed E-state index contributed by atoms with van der Waals surface area (Å²) in [5, 5.41) is 18.4. The molecule has 0 unspecified atom stereocenters. The summed E-state index contributed by atoms with van der Waals surface area (Å²) in [6, 6.07) is 8.66. The lowest BCUT2D eigenvalue weighted by Gasteiger charge is -2.24. The molecule has 4 nitrogen and oxygen atoms in total. The Morgan fingerprint density at radius 1 is 0.833 bits per heavy atom. The maximum absolute atomic E-state index is 9.20. The van der Waals surface area contributed by atoms with Crippen molar-refractivity contribution in [1.29, 1.82) is 0 Å². The molecule has 1 rings (SSSR count). The summed E-state index contributed by atoms with van der Waals surface area (Å²) in [6.07, 6.45) is 10.5. The zero-order valence-electron chi connectivity index (χ0n) is 15.0. The topological polar surface area (TPSA) is 98.0 Å². The van der Waals surface area contributed by atoms with Gasteiger partial charge in [-0.15, -0.1) is 12.4 Å². The Balaban J connectivity index is 0. The van der Waals surface area contributed by atoms with Crippen LogP contribution < -0.4 is 5.73 Å². The van der Waals surface area contributed by atoms with E-state index >= 15 is 0 Å². The number of hydrogen-bond donors (Lipinski definition) is 3. The molecule has 0 saturated carbocycles. The molecule has 0 bridgehead atoms. The minimum Gasteiger partial charge on any atom is -0.412 e. The fourth-order valence-corrected chi connectivity index (χ4v) is 2.58. The highest BCUT2D eigenvalue weighted by Gasteiger charge is 2.22. The Bertz CT molecular complexity index is 394. The van der Waals surface area contributed by atoms with Gasteiger partial charge < -0.3 is 21.4 Å². The van der Waals surface area contributed by atoms with Crippen molar-refractivity contribution in [2.75, 3.05) is 13.2 Å². The van der Waals surface area contributed by atoms with Crippen LogP contribution in [0, 0.1) is 0 Å². The van der Waals surface area contributed by atoms with Gasteiger partial charge >= 0.3 is 0 Å². The molecule has 142 valence electrons. The summed E-state index contributed by atoms with van der Waals surface area (Å²) in [5.74, 6) is 0. The molecule has 0 saturated heterocycles. The summed E-state index contributed by atoms with van der Waals surface area (Å²) in [7, 11) is 0. The van der Waals surface area contributed by atoms with E-state index in [2.05, 4.69) is 31.2 Å². The van der Waals surface area contributed by atoms with E-state index in [1.807, 2.05) is 0 Å². The maximum Gasteiger partial charge on any atom is 0.0633 e. The second kappa shape index (κ2) is 14.7. The van der Waals surface area contributed by atoms with E-state index in [0.29, 0.717) is 6.42 Å². The van der Waals surface area contributed by atoms with Crippen molar-refractivity contribution in [1.82, 2.24) is 0 Å². The van der Waals surface area contributed by atoms with Gasteiger partial charge in [-0.3, -0.25) is 0 Å². The van der Waals surface area contributed by atoms with Gasteiger partial charge in [0.05, 0.1) is 18.8 Å². The Kier molecular flexibility index (Phi) is 15.6. The molecule has 0 aliphatic rings. The number of hydrogen-bond acceptors (Lipinski definition) is 3. The van der Waals surface area contributed by atoms with Crippen LogP contribution >= 0.6 is 12.4 Å². The smallest absolute Gasteiger partial charge is 0.0633 e. The van der Waals surface area contributed by atoms with Crippen LogP contribution in [0.15, 0.2) is 24.3 Å². The number of aliphatic hydroxyl groups excluding tert-OH is 2. The minimum atomic E-state index is -0.864. The molecule has 0 fully saturated rings. The third kappa shape index (κ3) is 10.3. The highest BCUT2D eigenvalue weighted by Crippen LogP contribution is 2.14. The van der Waals surface area contributed by atoms with Gasteiger partial charge in [0.15, 0.2) is 0 Å². The van der Waals surface area contributed by atoms with Crippen molar-refractivity contribution in [2.24, 2.45) is 5.73 Å². The van der Waals surface area contributed by atoms with Gasteiger partial charge in [-0.05, 0) is 36.8 Å². The molecule has 0 radical (unpaired) electrons. The zero-order valence-corrected chi connectivity index (χ0v) is 15.8. The summed E-state index contributed by atoms with van der Waals surface area (Å²) in [6.45, 7) is 1.89. The fourth-order valence-electron chi connectivity index (χ4n) is 2.58. The van der Waals surface area contributed by atoms with Crippen LogP contribution in [0.3, 0.4) is 0 Å². The fraction of sp³-hybridized carbons (Fsp3) is 0.684. The monoisotopic (exact) mass is 361 g/mol. The first-order chi connectivity index (χ1) is 10.6. The number of aryl methyl sites for hydroxylation is 2. The van der Waals surface area contributed by atoms with Crippen molar-refractivity contribution < 1.29 is 15.7 Å². The van der Waals surface area contributed by atoms with Crippen LogP contribution in [-0.4, -0.2) is 34.4 Å². The van der Waals surface area contributed by atoms with Crippen molar-refractivity contribution >= 4 is 12.4 Å². The van der Waals surface area contributed by atoms with Crippen molar-refractivity contribution in [2.45, 2.75) is 70.3 Å².